The summed E-state index contributed by atoms with van der Waals surface area (Å²) in [5, 5.41) is 12.2. The van der Waals surface area contributed by atoms with E-state index in [0.717, 1.165) is 11.6 Å². The van der Waals surface area contributed by atoms with Gasteiger partial charge >= 0.3 is 24.2 Å². The van der Waals surface area contributed by atoms with Crippen LogP contribution in [0.1, 0.15) is 22.3 Å². The van der Waals surface area contributed by atoms with Gasteiger partial charge in [-0.1, -0.05) is 48.0 Å². The minimum absolute atomic E-state index is 0.0444. The molecular formula is C26H21F10NO2. The van der Waals surface area contributed by atoms with Gasteiger partial charge in [-0.3, -0.25) is 5.32 Å². The summed E-state index contributed by atoms with van der Waals surface area (Å²) in [6.45, 7) is 0.839. The molecule has 13 heteroatoms. The Morgan fingerprint density at radius 3 is 1.87 bits per heavy atom. The summed E-state index contributed by atoms with van der Waals surface area (Å²) in [6.07, 6.45) is -13.0. The molecule has 0 spiro atoms. The Morgan fingerprint density at radius 1 is 0.692 bits per heavy atom. The lowest BCUT2D eigenvalue weighted by atomic mass is 9.98. The molecule has 0 aliphatic rings. The molecule has 212 valence electrons. The largest absolute Gasteiger partial charge is 0.460 e. The predicted octanol–water partition coefficient (Wildman–Crippen LogP) is 7.66. The van der Waals surface area contributed by atoms with Crippen LogP contribution in [0.25, 0.3) is 0 Å². The summed E-state index contributed by atoms with van der Waals surface area (Å²) >= 11 is 0. The second-order valence-corrected chi connectivity index (χ2v) is 8.80. The molecule has 2 N–H and O–H groups in total. The number of halogens is 10. The summed E-state index contributed by atoms with van der Waals surface area (Å²) in [7, 11) is 0. The molecule has 0 bridgehead atoms. The van der Waals surface area contributed by atoms with Crippen LogP contribution in [0.15, 0.2) is 72.8 Å². The molecule has 1 unspecified atom stereocenters. The van der Waals surface area contributed by atoms with Crippen molar-refractivity contribution < 1.29 is 53.7 Å². The first-order valence-corrected chi connectivity index (χ1v) is 11.1. The third-order valence-corrected chi connectivity index (χ3v) is 5.71. The number of rotatable bonds is 9. The maximum atomic E-state index is 14.0. The lowest BCUT2D eigenvalue weighted by molar-refractivity contribution is -0.359. The zero-order valence-corrected chi connectivity index (χ0v) is 20.0. The van der Waals surface area contributed by atoms with E-state index in [1.54, 1.807) is 29.6 Å². The van der Waals surface area contributed by atoms with Gasteiger partial charge in [-0.05, 0) is 48.4 Å². The van der Waals surface area contributed by atoms with E-state index in [-0.39, 0.29) is 17.4 Å². The van der Waals surface area contributed by atoms with E-state index in [2.05, 4.69) is 0 Å². The topological polar surface area (TPSA) is 41.5 Å². The molecule has 0 amide bonds. The van der Waals surface area contributed by atoms with Crippen molar-refractivity contribution in [1.29, 1.82) is 0 Å². The van der Waals surface area contributed by atoms with Gasteiger partial charge in [0.05, 0.1) is 0 Å². The van der Waals surface area contributed by atoms with Crippen molar-refractivity contribution in [3.63, 3.8) is 0 Å². The van der Waals surface area contributed by atoms with E-state index in [9.17, 15) is 49.0 Å². The van der Waals surface area contributed by atoms with Gasteiger partial charge in [0.2, 0.25) is 5.72 Å². The molecule has 0 saturated heterocycles. The molecule has 0 radical (unpaired) electrons. The SMILES string of the molecule is Cc1ccc(Oc2cccc(CC(O)(NCc3cccc(C(F)(F)C(F)(F)C(F)(F)F)c3)C(F)(F)F)c2)cc1. The van der Waals surface area contributed by atoms with Gasteiger partial charge in [0, 0.05) is 18.5 Å². The Kier molecular flexibility index (Phi) is 8.28. The van der Waals surface area contributed by atoms with Gasteiger partial charge in [-0.25, -0.2) is 0 Å². The van der Waals surface area contributed by atoms with Crippen molar-refractivity contribution in [1.82, 2.24) is 5.32 Å². The number of nitrogens with one attached hydrogen (secondary N) is 1. The van der Waals surface area contributed by atoms with Gasteiger partial charge in [0.25, 0.3) is 0 Å². The van der Waals surface area contributed by atoms with Crippen LogP contribution >= 0.6 is 0 Å². The predicted molar refractivity (Wildman–Crippen MR) is 121 cm³/mol. The van der Waals surface area contributed by atoms with Crippen molar-refractivity contribution in [2.24, 2.45) is 0 Å². The molecule has 3 rings (SSSR count). The number of aryl methyl sites for hydroxylation is 1. The van der Waals surface area contributed by atoms with Crippen LogP contribution in [-0.2, 0) is 18.9 Å². The summed E-state index contributed by atoms with van der Waals surface area (Å²) in [4.78, 5) is 0. The van der Waals surface area contributed by atoms with Crippen LogP contribution in [0, 0.1) is 6.92 Å². The average molecular weight is 569 g/mol. The first-order valence-electron chi connectivity index (χ1n) is 11.1. The summed E-state index contributed by atoms with van der Waals surface area (Å²) in [5.74, 6) is -11.6. The van der Waals surface area contributed by atoms with E-state index < -0.39 is 54.0 Å². The third-order valence-electron chi connectivity index (χ3n) is 5.71. The van der Waals surface area contributed by atoms with Crippen molar-refractivity contribution >= 4 is 0 Å². The fourth-order valence-electron chi connectivity index (χ4n) is 3.50. The molecule has 1 atom stereocenters. The first-order chi connectivity index (χ1) is 17.9. The van der Waals surface area contributed by atoms with Crippen molar-refractivity contribution in [2.45, 2.75) is 49.8 Å². The maximum absolute atomic E-state index is 14.0. The zero-order chi connectivity index (χ0) is 29.3. The molecule has 0 heterocycles. The van der Waals surface area contributed by atoms with E-state index in [0.29, 0.717) is 17.9 Å². The smallest absolute Gasteiger partial charge is 0.457 e. The van der Waals surface area contributed by atoms with Gasteiger partial charge < -0.3 is 9.84 Å². The number of alkyl halides is 10. The van der Waals surface area contributed by atoms with Crippen LogP contribution in [-0.4, -0.2) is 29.1 Å². The first kappa shape index (κ1) is 30.2. The normalized spacial score (nSPS) is 14.7. The van der Waals surface area contributed by atoms with Gasteiger partial charge in [0.15, 0.2) is 0 Å². The number of aliphatic hydroxyl groups is 1. The minimum atomic E-state index is -6.58. The van der Waals surface area contributed by atoms with Crippen LogP contribution in [0.2, 0.25) is 0 Å². The quantitative estimate of drug-likeness (QED) is 0.205. The molecule has 0 fully saturated rings. The van der Waals surface area contributed by atoms with Crippen molar-refractivity contribution in [3.05, 3.63) is 95.1 Å². The summed E-state index contributed by atoms with van der Waals surface area (Å²) in [6, 6.07) is 14.2. The van der Waals surface area contributed by atoms with Gasteiger partial charge in [-0.15, -0.1) is 0 Å². The Morgan fingerprint density at radius 2 is 1.28 bits per heavy atom. The lowest BCUT2D eigenvalue weighted by Gasteiger charge is -2.32. The number of ether oxygens (including phenoxy) is 1. The Hall–Kier alpha value is -3.32. The standard InChI is InChI=1S/C26H21F10NO2/c1-16-8-10-20(11-9-16)39-21-7-3-4-17(13-21)14-22(38,25(31,32)33)37-15-18-5-2-6-19(12-18)23(27,28)24(29,30)26(34,35)36/h2-13,37-38H,14-15H2,1H3. The van der Waals surface area contributed by atoms with Crippen LogP contribution in [0.3, 0.4) is 0 Å². The van der Waals surface area contributed by atoms with E-state index in [1.165, 1.54) is 24.3 Å². The number of hydrogen-bond acceptors (Lipinski definition) is 3. The molecule has 3 aromatic rings. The minimum Gasteiger partial charge on any atom is -0.457 e. The number of benzene rings is 3. The molecule has 3 nitrogen and oxygen atoms in total. The fourth-order valence-corrected chi connectivity index (χ4v) is 3.50. The zero-order valence-electron chi connectivity index (χ0n) is 20.0. The third kappa shape index (κ3) is 6.64. The molecule has 0 aliphatic heterocycles. The van der Waals surface area contributed by atoms with Crippen molar-refractivity contribution in [2.75, 3.05) is 0 Å². The van der Waals surface area contributed by atoms with Crippen molar-refractivity contribution in [3.8, 4) is 11.5 Å². The maximum Gasteiger partial charge on any atom is 0.460 e. The highest BCUT2D eigenvalue weighted by Gasteiger charge is 2.73. The van der Waals surface area contributed by atoms with E-state index >= 15 is 0 Å². The molecule has 0 aromatic heterocycles. The van der Waals surface area contributed by atoms with Gasteiger partial charge in [-0.2, -0.15) is 43.9 Å². The Balaban J connectivity index is 1.81. The monoisotopic (exact) mass is 569 g/mol. The summed E-state index contributed by atoms with van der Waals surface area (Å²) < 4.78 is 140. The van der Waals surface area contributed by atoms with E-state index in [1.807, 2.05) is 6.92 Å². The lowest BCUT2D eigenvalue weighted by Crippen LogP contribution is -2.58. The second kappa shape index (κ2) is 10.7. The highest BCUT2D eigenvalue weighted by atomic mass is 19.4. The molecule has 0 aliphatic carbocycles. The molecular weight excluding hydrogens is 548 g/mol. The molecule has 39 heavy (non-hydrogen) atoms. The van der Waals surface area contributed by atoms with Crippen LogP contribution in [0.4, 0.5) is 43.9 Å². The molecule has 3 aromatic carbocycles. The Labute approximate surface area is 216 Å². The highest BCUT2D eigenvalue weighted by molar-refractivity contribution is 5.36. The summed E-state index contributed by atoms with van der Waals surface area (Å²) in [5.41, 5.74) is -5.01. The number of hydrogen-bond donors (Lipinski definition) is 2. The molecule has 0 saturated carbocycles. The second-order valence-electron chi connectivity index (χ2n) is 8.80. The Bertz CT molecular complexity index is 1270. The van der Waals surface area contributed by atoms with Crippen LogP contribution in [0.5, 0.6) is 11.5 Å². The van der Waals surface area contributed by atoms with Gasteiger partial charge in [0.1, 0.15) is 11.5 Å². The fraction of sp³-hybridized carbons (Fsp3) is 0.308. The highest BCUT2D eigenvalue weighted by Crippen LogP contribution is 2.51. The average Bonchev–Trinajstić information content (AvgIpc) is 2.83. The van der Waals surface area contributed by atoms with Crippen LogP contribution < -0.4 is 10.1 Å². The van der Waals surface area contributed by atoms with E-state index in [4.69, 9.17) is 4.74 Å².